The number of nitrogens with zero attached hydrogens (tertiary/aromatic N) is 1. The highest BCUT2D eigenvalue weighted by atomic mass is 32.1. The van der Waals surface area contributed by atoms with Crippen LogP contribution in [-0.4, -0.2) is 17.4 Å². The van der Waals surface area contributed by atoms with Crippen molar-refractivity contribution in [2.45, 2.75) is 32.7 Å². The number of aryl methyl sites for hydroxylation is 1. The van der Waals surface area contributed by atoms with Crippen LogP contribution in [0.5, 0.6) is 0 Å². The van der Waals surface area contributed by atoms with E-state index in [9.17, 15) is 4.79 Å². The van der Waals surface area contributed by atoms with Gasteiger partial charge in [0.05, 0.1) is 11.5 Å². The SMILES string of the molecule is Cc1cnc(C(C)NC(=O)C2(CN)CC2)s1. The number of amides is 1. The maximum Gasteiger partial charge on any atom is 0.228 e. The Morgan fingerprint density at radius 3 is 2.88 bits per heavy atom. The van der Waals surface area contributed by atoms with Crippen LogP contribution < -0.4 is 11.1 Å². The number of nitrogens with one attached hydrogen (secondary N) is 1. The number of nitrogens with two attached hydrogens (primary N) is 1. The van der Waals surface area contributed by atoms with Gasteiger partial charge in [-0.2, -0.15) is 0 Å². The quantitative estimate of drug-likeness (QED) is 0.833. The standard InChI is InChI=1S/C11H17N3OS/c1-7-5-13-9(16-7)8(2)14-10(15)11(6-12)3-4-11/h5,8H,3-4,6,12H2,1-2H3,(H,14,15). The molecule has 1 aromatic heterocycles. The third-order valence-electron chi connectivity index (χ3n) is 3.08. The molecular formula is C11H17N3OS. The highest BCUT2D eigenvalue weighted by Gasteiger charge is 2.48. The van der Waals surface area contributed by atoms with Crippen LogP contribution >= 0.6 is 11.3 Å². The van der Waals surface area contributed by atoms with Crippen LogP contribution in [0.1, 0.15) is 35.7 Å². The number of rotatable bonds is 4. The number of carbonyl (C=O) groups excluding carboxylic acids is 1. The molecule has 1 unspecified atom stereocenters. The molecule has 88 valence electrons. The molecule has 1 aromatic rings. The average Bonchev–Trinajstić information content (AvgIpc) is 2.95. The summed E-state index contributed by atoms with van der Waals surface area (Å²) in [6.45, 7) is 4.42. The minimum atomic E-state index is -0.277. The van der Waals surface area contributed by atoms with Crippen LogP contribution in [0, 0.1) is 12.3 Å². The van der Waals surface area contributed by atoms with E-state index in [1.165, 1.54) is 0 Å². The van der Waals surface area contributed by atoms with Gasteiger partial charge in [0.1, 0.15) is 5.01 Å². The first kappa shape index (κ1) is 11.5. The monoisotopic (exact) mass is 239 g/mol. The van der Waals surface area contributed by atoms with Crippen molar-refractivity contribution in [3.63, 3.8) is 0 Å². The largest absolute Gasteiger partial charge is 0.347 e. The Labute approximate surface area is 99.3 Å². The Hall–Kier alpha value is -0.940. The summed E-state index contributed by atoms with van der Waals surface area (Å²) in [7, 11) is 0. The number of thiazole rings is 1. The Bertz CT molecular complexity index is 398. The molecule has 0 saturated heterocycles. The molecule has 1 saturated carbocycles. The number of aromatic nitrogens is 1. The Balaban J connectivity index is 1.97. The summed E-state index contributed by atoms with van der Waals surface area (Å²) in [5.41, 5.74) is 5.34. The average molecular weight is 239 g/mol. The molecule has 0 radical (unpaired) electrons. The smallest absolute Gasteiger partial charge is 0.228 e. The third kappa shape index (κ3) is 2.10. The van der Waals surface area contributed by atoms with Crippen LogP contribution in [0.15, 0.2) is 6.20 Å². The Morgan fingerprint density at radius 1 is 1.75 bits per heavy atom. The second-order valence-corrected chi connectivity index (χ2v) is 5.76. The van der Waals surface area contributed by atoms with Crippen LogP contribution in [0.3, 0.4) is 0 Å². The van der Waals surface area contributed by atoms with Gasteiger partial charge in [-0.1, -0.05) is 0 Å². The normalized spacial score (nSPS) is 19.2. The van der Waals surface area contributed by atoms with Gasteiger partial charge in [0.2, 0.25) is 5.91 Å². The van der Waals surface area contributed by atoms with Gasteiger partial charge >= 0.3 is 0 Å². The van der Waals surface area contributed by atoms with Gasteiger partial charge in [-0.3, -0.25) is 4.79 Å². The van der Waals surface area contributed by atoms with Gasteiger partial charge in [0.15, 0.2) is 0 Å². The number of hydrogen-bond donors (Lipinski definition) is 2. The van der Waals surface area contributed by atoms with Crippen LogP contribution in [0.2, 0.25) is 0 Å². The summed E-state index contributed by atoms with van der Waals surface area (Å²) >= 11 is 1.62. The van der Waals surface area contributed by atoms with E-state index < -0.39 is 0 Å². The molecule has 1 heterocycles. The van der Waals surface area contributed by atoms with E-state index in [1.807, 2.05) is 20.0 Å². The molecule has 2 rings (SSSR count). The zero-order valence-electron chi connectivity index (χ0n) is 9.62. The maximum absolute atomic E-state index is 11.9. The Morgan fingerprint density at radius 2 is 2.44 bits per heavy atom. The maximum atomic E-state index is 11.9. The molecule has 16 heavy (non-hydrogen) atoms. The van der Waals surface area contributed by atoms with Crippen molar-refractivity contribution in [2.24, 2.45) is 11.1 Å². The first-order valence-corrected chi connectivity index (χ1v) is 6.32. The molecule has 0 aromatic carbocycles. The second kappa shape index (κ2) is 4.14. The van der Waals surface area contributed by atoms with Crippen molar-refractivity contribution >= 4 is 17.2 Å². The molecule has 4 nitrogen and oxygen atoms in total. The van der Waals surface area contributed by atoms with Gasteiger partial charge in [-0.15, -0.1) is 11.3 Å². The molecule has 1 atom stereocenters. The van der Waals surface area contributed by atoms with Gasteiger partial charge in [0.25, 0.3) is 0 Å². The zero-order valence-corrected chi connectivity index (χ0v) is 10.4. The fraction of sp³-hybridized carbons (Fsp3) is 0.636. The van der Waals surface area contributed by atoms with Crippen molar-refractivity contribution in [2.75, 3.05) is 6.54 Å². The summed E-state index contributed by atoms with van der Waals surface area (Å²) in [6, 6.07) is -0.0183. The third-order valence-corrected chi connectivity index (χ3v) is 4.18. The fourth-order valence-corrected chi connectivity index (χ4v) is 2.44. The van der Waals surface area contributed by atoms with E-state index in [-0.39, 0.29) is 17.4 Å². The van der Waals surface area contributed by atoms with Gasteiger partial charge in [-0.25, -0.2) is 4.98 Å². The minimum absolute atomic E-state index is 0.0183. The molecule has 5 heteroatoms. The van der Waals surface area contributed by atoms with E-state index in [0.29, 0.717) is 6.54 Å². The summed E-state index contributed by atoms with van der Waals surface area (Å²) in [5, 5.41) is 3.95. The van der Waals surface area contributed by atoms with Gasteiger partial charge in [0, 0.05) is 17.6 Å². The summed E-state index contributed by atoms with van der Waals surface area (Å²) in [6.07, 6.45) is 3.66. The van der Waals surface area contributed by atoms with Crippen LogP contribution in [-0.2, 0) is 4.79 Å². The highest BCUT2D eigenvalue weighted by molar-refractivity contribution is 7.11. The predicted octanol–water partition coefficient (Wildman–Crippen LogP) is 1.37. The predicted molar refractivity (Wildman–Crippen MR) is 64.1 cm³/mol. The van der Waals surface area contributed by atoms with Crippen LogP contribution in [0.4, 0.5) is 0 Å². The molecule has 0 spiro atoms. The Kier molecular flexibility index (Phi) is 2.99. The summed E-state index contributed by atoms with van der Waals surface area (Å²) in [5.74, 6) is 0.0790. The topological polar surface area (TPSA) is 68.0 Å². The van der Waals surface area contributed by atoms with Crippen molar-refractivity contribution in [3.8, 4) is 0 Å². The lowest BCUT2D eigenvalue weighted by Gasteiger charge is -2.16. The number of hydrogen-bond acceptors (Lipinski definition) is 4. The molecule has 0 bridgehead atoms. The summed E-state index contributed by atoms with van der Waals surface area (Å²) in [4.78, 5) is 17.4. The molecule has 1 aliphatic carbocycles. The zero-order chi connectivity index (χ0) is 11.8. The van der Waals surface area contributed by atoms with Crippen molar-refractivity contribution in [3.05, 3.63) is 16.1 Å². The fourth-order valence-electron chi connectivity index (χ4n) is 1.66. The van der Waals surface area contributed by atoms with E-state index in [1.54, 1.807) is 11.3 Å². The first-order chi connectivity index (χ1) is 7.57. The summed E-state index contributed by atoms with van der Waals surface area (Å²) < 4.78 is 0. The minimum Gasteiger partial charge on any atom is -0.347 e. The molecular weight excluding hydrogens is 222 g/mol. The lowest BCUT2D eigenvalue weighted by molar-refractivity contribution is -0.126. The van der Waals surface area contributed by atoms with Gasteiger partial charge < -0.3 is 11.1 Å². The second-order valence-electron chi connectivity index (χ2n) is 4.49. The van der Waals surface area contributed by atoms with Crippen LogP contribution in [0.25, 0.3) is 0 Å². The molecule has 0 aliphatic heterocycles. The molecule has 1 amide bonds. The van der Waals surface area contributed by atoms with E-state index >= 15 is 0 Å². The van der Waals surface area contributed by atoms with Gasteiger partial charge in [-0.05, 0) is 26.7 Å². The molecule has 1 aliphatic rings. The molecule has 1 fully saturated rings. The highest BCUT2D eigenvalue weighted by Crippen LogP contribution is 2.45. The van der Waals surface area contributed by atoms with Crippen molar-refractivity contribution in [1.29, 1.82) is 0 Å². The van der Waals surface area contributed by atoms with E-state index in [2.05, 4.69) is 10.3 Å². The lowest BCUT2D eigenvalue weighted by atomic mass is 10.1. The number of carbonyl (C=O) groups is 1. The van der Waals surface area contributed by atoms with E-state index in [4.69, 9.17) is 5.73 Å². The van der Waals surface area contributed by atoms with E-state index in [0.717, 1.165) is 22.7 Å². The first-order valence-electron chi connectivity index (χ1n) is 5.51. The van der Waals surface area contributed by atoms with Crippen molar-refractivity contribution in [1.82, 2.24) is 10.3 Å². The van der Waals surface area contributed by atoms with Crippen molar-refractivity contribution < 1.29 is 4.79 Å². The molecule has 3 N–H and O–H groups in total. The lowest BCUT2D eigenvalue weighted by Crippen LogP contribution is -2.37.